The first-order valence-electron chi connectivity index (χ1n) is 6.92. The van der Waals surface area contributed by atoms with Gasteiger partial charge in [-0.1, -0.05) is 0 Å². The highest BCUT2D eigenvalue weighted by molar-refractivity contribution is 5.67. The molecular formula is C16H17N5O. The maximum Gasteiger partial charge on any atom is 0.227 e. The normalized spacial score (nSPS) is 10.5. The molecule has 0 unspecified atom stereocenters. The molecule has 0 aliphatic rings. The van der Waals surface area contributed by atoms with Crippen LogP contribution in [0.2, 0.25) is 0 Å². The fourth-order valence-electron chi connectivity index (χ4n) is 2.31. The van der Waals surface area contributed by atoms with Gasteiger partial charge in [-0.25, -0.2) is 15.0 Å². The van der Waals surface area contributed by atoms with Crippen LogP contribution in [0.15, 0.2) is 36.8 Å². The molecule has 0 fully saturated rings. The first-order valence-corrected chi connectivity index (χ1v) is 6.92. The number of H-pyrrole nitrogens is 1. The van der Waals surface area contributed by atoms with Crippen LogP contribution in [0.3, 0.4) is 0 Å². The Hall–Kier alpha value is -2.89. The van der Waals surface area contributed by atoms with Gasteiger partial charge in [0.15, 0.2) is 0 Å². The molecular weight excluding hydrogens is 278 g/mol. The summed E-state index contributed by atoms with van der Waals surface area (Å²) in [6.07, 6.45) is 5.41. The number of aromatic amines is 1. The van der Waals surface area contributed by atoms with Crippen molar-refractivity contribution in [2.75, 3.05) is 12.4 Å². The Morgan fingerprint density at radius 1 is 1.14 bits per heavy atom. The Morgan fingerprint density at radius 2 is 2.00 bits per heavy atom. The number of ether oxygens (including phenoxy) is 1. The maximum atomic E-state index is 5.04. The summed E-state index contributed by atoms with van der Waals surface area (Å²) in [6.45, 7) is 4.09. The van der Waals surface area contributed by atoms with Crippen LogP contribution in [0.4, 0.5) is 11.6 Å². The lowest BCUT2D eigenvalue weighted by atomic mass is 10.1. The minimum Gasteiger partial charge on any atom is -0.481 e. The summed E-state index contributed by atoms with van der Waals surface area (Å²) < 4.78 is 5.04. The molecule has 0 aliphatic carbocycles. The first kappa shape index (κ1) is 14.1. The van der Waals surface area contributed by atoms with Crippen molar-refractivity contribution in [3.8, 4) is 17.1 Å². The number of aryl methyl sites for hydroxylation is 2. The summed E-state index contributed by atoms with van der Waals surface area (Å²) in [7, 11) is 1.59. The van der Waals surface area contributed by atoms with Gasteiger partial charge in [-0.2, -0.15) is 0 Å². The quantitative estimate of drug-likeness (QED) is 0.773. The zero-order valence-corrected chi connectivity index (χ0v) is 12.7. The van der Waals surface area contributed by atoms with Gasteiger partial charge in [-0.05, 0) is 31.5 Å². The molecule has 112 valence electrons. The Labute approximate surface area is 128 Å². The smallest absolute Gasteiger partial charge is 0.227 e. The molecule has 3 rings (SSSR count). The second-order valence-corrected chi connectivity index (χ2v) is 4.95. The Balaban J connectivity index is 1.88. The number of methoxy groups -OCH3 is 1. The van der Waals surface area contributed by atoms with Gasteiger partial charge >= 0.3 is 0 Å². The van der Waals surface area contributed by atoms with E-state index >= 15 is 0 Å². The van der Waals surface area contributed by atoms with Crippen molar-refractivity contribution in [3.05, 3.63) is 48.0 Å². The topological polar surface area (TPSA) is 75.7 Å². The molecule has 22 heavy (non-hydrogen) atoms. The van der Waals surface area contributed by atoms with Gasteiger partial charge in [0.1, 0.15) is 0 Å². The number of hydrogen-bond acceptors (Lipinski definition) is 5. The highest BCUT2D eigenvalue weighted by atomic mass is 16.5. The van der Waals surface area contributed by atoms with E-state index in [2.05, 4.69) is 32.2 Å². The lowest BCUT2D eigenvalue weighted by Crippen LogP contribution is -1.99. The fourth-order valence-corrected chi connectivity index (χ4v) is 2.31. The summed E-state index contributed by atoms with van der Waals surface area (Å²) in [5.74, 6) is 1.10. The molecule has 3 aromatic rings. The summed E-state index contributed by atoms with van der Waals surface area (Å²) in [5.41, 5.74) is 5.05. The number of rotatable bonds is 4. The van der Waals surface area contributed by atoms with Crippen molar-refractivity contribution in [1.82, 2.24) is 19.9 Å². The third-order valence-corrected chi connectivity index (χ3v) is 3.39. The number of nitrogens with one attached hydrogen (secondary N) is 2. The van der Waals surface area contributed by atoms with Crippen LogP contribution in [0.1, 0.15) is 11.3 Å². The molecule has 3 heterocycles. The fraction of sp³-hybridized carbons (Fsp3) is 0.188. The minimum atomic E-state index is 0.532. The van der Waals surface area contributed by atoms with Crippen LogP contribution in [0, 0.1) is 13.8 Å². The van der Waals surface area contributed by atoms with Crippen molar-refractivity contribution in [1.29, 1.82) is 0 Å². The van der Waals surface area contributed by atoms with Crippen molar-refractivity contribution < 1.29 is 4.74 Å². The third-order valence-electron chi connectivity index (χ3n) is 3.39. The number of pyridine rings is 1. The van der Waals surface area contributed by atoms with Gasteiger partial charge in [-0.3, -0.25) is 0 Å². The van der Waals surface area contributed by atoms with Crippen molar-refractivity contribution >= 4 is 11.6 Å². The lowest BCUT2D eigenvalue weighted by molar-refractivity contribution is 0.398. The summed E-state index contributed by atoms with van der Waals surface area (Å²) >= 11 is 0. The van der Waals surface area contributed by atoms with Gasteiger partial charge < -0.3 is 15.0 Å². The SMILES string of the molecule is COc1ccc(Nc2nccc(-c3c(C)c[nH]c3C)n2)cn1. The van der Waals surface area contributed by atoms with E-state index in [1.165, 1.54) is 0 Å². The van der Waals surface area contributed by atoms with Crippen molar-refractivity contribution in [2.45, 2.75) is 13.8 Å². The van der Waals surface area contributed by atoms with Crippen molar-refractivity contribution in [2.24, 2.45) is 0 Å². The molecule has 0 radical (unpaired) electrons. The van der Waals surface area contributed by atoms with E-state index in [1.807, 2.05) is 25.3 Å². The maximum absolute atomic E-state index is 5.04. The Bertz CT molecular complexity index is 760. The van der Waals surface area contributed by atoms with Gasteiger partial charge in [0.05, 0.1) is 24.7 Å². The second kappa shape index (κ2) is 5.85. The highest BCUT2D eigenvalue weighted by Gasteiger charge is 2.10. The monoisotopic (exact) mass is 295 g/mol. The van der Waals surface area contributed by atoms with Gasteiger partial charge in [0.25, 0.3) is 0 Å². The standard InChI is InChI=1S/C16H17N5O/c1-10-8-18-11(2)15(10)13-6-7-17-16(21-13)20-12-4-5-14(22-3)19-9-12/h4-9,18H,1-3H3,(H,17,20,21). The largest absolute Gasteiger partial charge is 0.481 e. The lowest BCUT2D eigenvalue weighted by Gasteiger charge is -2.07. The van der Waals surface area contributed by atoms with Crippen LogP contribution >= 0.6 is 0 Å². The Kier molecular flexibility index (Phi) is 3.74. The zero-order chi connectivity index (χ0) is 15.5. The molecule has 0 atom stereocenters. The van der Waals surface area contributed by atoms with Gasteiger partial charge in [0.2, 0.25) is 11.8 Å². The highest BCUT2D eigenvalue weighted by Crippen LogP contribution is 2.25. The van der Waals surface area contributed by atoms with E-state index < -0.39 is 0 Å². The van der Waals surface area contributed by atoms with Crippen LogP contribution in [-0.4, -0.2) is 27.0 Å². The molecule has 0 saturated heterocycles. The first-order chi connectivity index (χ1) is 10.7. The number of anilines is 2. The average Bonchev–Trinajstić information content (AvgIpc) is 2.87. The van der Waals surface area contributed by atoms with E-state index in [1.54, 1.807) is 25.6 Å². The van der Waals surface area contributed by atoms with Crippen LogP contribution in [0.25, 0.3) is 11.3 Å². The van der Waals surface area contributed by atoms with Crippen LogP contribution < -0.4 is 10.1 Å². The molecule has 0 aliphatic heterocycles. The van der Waals surface area contributed by atoms with Crippen molar-refractivity contribution in [3.63, 3.8) is 0 Å². The molecule has 0 bridgehead atoms. The number of nitrogens with zero attached hydrogens (tertiary/aromatic N) is 3. The van der Waals surface area contributed by atoms with E-state index in [4.69, 9.17) is 4.74 Å². The molecule has 6 heteroatoms. The number of aromatic nitrogens is 4. The summed E-state index contributed by atoms with van der Waals surface area (Å²) in [4.78, 5) is 16.2. The molecule has 0 amide bonds. The molecule has 2 N–H and O–H groups in total. The summed E-state index contributed by atoms with van der Waals surface area (Å²) in [6, 6.07) is 5.56. The van der Waals surface area contributed by atoms with E-state index in [0.717, 1.165) is 28.2 Å². The van der Waals surface area contributed by atoms with Gasteiger partial charge in [-0.15, -0.1) is 0 Å². The third kappa shape index (κ3) is 2.76. The molecule has 0 aromatic carbocycles. The predicted octanol–water partition coefficient (Wildman–Crippen LogP) is 3.24. The minimum absolute atomic E-state index is 0.532. The predicted molar refractivity (Wildman–Crippen MR) is 85.4 cm³/mol. The van der Waals surface area contributed by atoms with E-state index in [0.29, 0.717) is 11.8 Å². The van der Waals surface area contributed by atoms with Crippen LogP contribution in [-0.2, 0) is 0 Å². The van der Waals surface area contributed by atoms with Crippen LogP contribution in [0.5, 0.6) is 5.88 Å². The number of hydrogen-bond donors (Lipinski definition) is 2. The summed E-state index contributed by atoms with van der Waals surface area (Å²) in [5, 5.41) is 3.15. The second-order valence-electron chi connectivity index (χ2n) is 4.95. The van der Waals surface area contributed by atoms with E-state index in [9.17, 15) is 0 Å². The molecule has 0 saturated carbocycles. The van der Waals surface area contributed by atoms with Gasteiger partial charge in [0, 0.05) is 29.7 Å². The molecule has 6 nitrogen and oxygen atoms in total. The zero-order valence-electron chi connectivity index (χ0n) is 12.7. The average molecular weight is 295 g/mol. The molecule has 3 aromatic heterocycles. The Morgan fingerprint density at radius 3 is 2.64 bits per heavy atom. The van der Waals surface area contributed by atoms with E-state index in [-0.39, 0.29) is 0 Å². The molecule has 0 spiro atoms.